The van der Waals surface area contributed by atoms with Gasteiger partial charge in [-0.1, -0.05) is 31.2 Å². The van der Waals surface area contributed by atoms with Crippen LogP contribution in [0.1, 0.15) is 30.3 Å². The zero-order valence-electron chi connectivity index (χ0n) is 10.7. The van der Waals surface area contributed by atoms with Gasteiger partial charge in [0.05, 0.1) is 6.04 Å². The highest BCUT2D eigenvalue weighted by molar-refractivity contribution is 7.19. The number of thiophene rings is 1. The van der Waals surface area contributed by atoms with Crippen molar-refractivity contribution >= 4 is 21.4 Å². The first-order valence-corrected chi connectivity index (χ1v) is 7.22. The zero-order valence-corrected chi connectivity index (χ0v) is 11.6. The van der Waals surface area contributed by atoms with Gasteiger partial charge in [-0.25, -0.2) is 0 Å². The Morgan fingerprint density at radius 2 is 2.11 bits per heavy atom. The predicted molar refractivity (Wildman–Crippen MR) is 80.0 cm³/mol. The molecule has 2 heterocycles. The summed E-state index contributed by atoms with van der Waals surface area (Å²) in [7, 11) is 0. The third kappa shape index (κ3) is 1.77. The molecular weight excluding hydrogens is 238 g/mol. The standard InChI is InChI=1S/C16H17NS/c1-3-12-13-8-4-5-9-14(13)18-16(12)15-11(2)7-6-10-17-15/h4-10,15,17H,3H2,1-2H3. The van der Waals surface area contributed by atoms with Crippen LogP contribution in [-0.4, -0.2) is 0 Å². The van der Waals surface area contributed by atoms with E-state index in [1.807, 2.05) is 17.5 Å². The number of nitrogens with one attached hydrogen (secondary N) is 1. The van der Waals surface area contributed by atoms with E-state index in [0.717, 1.165) is 6.42 Å². The zero-order chi connectivity index (χ0) is 12.5. The number of hydrogen-bond acceptors (Lipinski definition) is 2. The van der Waals surface area contributed by atoms with Gasteiger partial charge >= 0.3 is 0 Å². The van der Waals surface area contributed by atoms with Gasteiger partial charge in [0.1, 0.15) is 0 Å². The fourth-order valence-corrected chi connectivity index (χ4v) is 4.01. The van der Waals surface area contributed by atoms with Crippen molar-refractivity contribution in [1.82, 2.24) is 5.32 Å². The molecule has 1 aromatic heterocycles. The SMILES string of the molecule is CCc1c(C2NC=CC=C2C)sc2ccccc12. The molecule has 2 heteroatoms. The second kappa shape index (κ2) is 4.62. The van der Waals surface area contributed by atoms with Gasteiger partial charge in [-0.05, 0) is 48.2 Å². The smallest absolute Gasteiger partial charge is 0.0818 e. The number of benzene rings is 1. The van der Waals surface area contributed by atoms with E-state index in [9.17, 15) is 0 Å². The molecule has 1 nitrogen and oxygen atoms in total. The summed E-state index contributed by atoms with van der Waals surface area (Å²) in [6.45, 7) is 4.45. The quantitative estimate of drug-likeness (QED) is 0.829. The Hall–Kier alpha value is -1.54. The lowest BCUT2D eigenvalue weighted by Gasteiger charge is -2.21. The lowest BCUT2D eigenvalue weighted by Crippen LogP contribution is -2.18. The average molecular weight is 255 g/mol. The van der Waals surface area contributed by atoms with Crippen LogP contribution in [0.2, 0.25) is 0 Å². The Morgan fingerprint density at radius 3 is 2.89 bits per heavy atom. The summed E-state index contributed by atoms with van der Waals surface area (Å²) in [5, 5.41) is 4.90. The van der Waals surface area contributed by atoms with E-state index in [1.165, 1.54) is 26.1 Å². The Kier molecular flexibility index (Phi) is 2.96. The van der Waals surface area contributed by atoms with Crippen LogP contribution < -0.4 is 5.32 Å². The number of rotatable bonds is 2. The molecule has 0 spiro atoms. The highest BCUT2D eigenvalue weighted by atomic mass is 32.1. The van der Waals surface area contributed by atoms with Crippen LogP contribution in [0.25, 0.3) is 10.1 Å². The number of hydrogen-bond donors (Lipinski definition) is 1. The number of allylic oxidation sites excluding steroid dienone is 2. The van der Waals surface area contributed by atoms with Gasteiger partial charge in [0.2, 0.25) is 0 Å². The van der Waals surface area contributed by atoms with Gasteiger partial charge in [-0.15, -0.1) is 11.3 Å². The molecule has 0 amide bonds. The van der Waals surface area contributed by atoms with Crippen molar-refractivity contribution in [3.05, 3.63) is 58.6 Å². The lowest BCUT2D eigenvalue weighted by atomic mass is 9.99. The molecule has 1 atom stereocenters. The summed E-state index contributed by atoms with van der Waals surface area (Å²) in [5.74, 6) is 0. The molecule has 3 rings (SSSR count). The van der Waals surface area contributed by atoms with Crippen LogP contribution in [0.4, 0.5) is 0 Å². The summed E-state index contributed by atoms with van der Waals surface area (Å²) in [6, 6.07) is 9.07. The molecule has 1 N–H and O–H groups in total. The first-order chi connectivity index (χ1) is 8.81. The topological polar surface area (TPSA) is 12.0 Å². The molecule has 18 heavy (non-hydrogen) atoms. The molecular formula is C16H17NS. The summed E-state index contributed by atoms with van der Waals surface area (Å²) >= 11 is 1.92. The van der Waals surface area contributed by atoms with E-state index >= 15 is 0 Å². The summed E-state index contributed by atoms with van der Waals surface area (Å²) in [4.78, 5) is 1.47. The molecule has 92 valence electrons. The molecule has 1 aromatic carbocycles. The van der Waals surface area contributed by atoms with E-state index in [-0.39, 0.29) is 0 Å². The molecule has 1 aliphatic heterocycles. The molecule has 0 saturated carbocycles. The summed E-state index contributed by atoms with van der Waals surface area (Å²) < 4.78 is 1.40. The van der Waals surface area contributed by atoms with Crippen molar-refractivity contribution in [3.63, 3.8) is 0 Å². The van der Waals surface area contributed by atoms with E-state index in [1.54, 1.807) is 0 Å². The summed E-state index contributed by atoms with van der Waals surface area (Å²) in [5.41, 5.74) is 2.88. The van der Waals surface area contributed by atoms with Gasteiger partial charge in [-0.3, -0.25) is 0 Å². The van der Waals surface area contributed by atoms with Crippen molar-refractivity contribution in [2.75, 3.05) is 0 Å². The number of aryl methyl sites for hydroxylation is 1. The monoisotopic (exact) mass is 255 g/mol. The summed E-state index contributed by atoms with van der Waals surface area (Å²) in [6.07, 6.45) is 7.41. The number of fused-ring (bicyclic) bond motifs is 1. The molecule has 1 aliphatic rings. The van der Waals surface area contributed by atoms with Gasteiger partial charge in [0.25, 0.3) is 0 Å². The number of dihydropyridines is 1. The molecule has 0 fully saturated rings. The van der Waals surface area contributed by atoms with Crippen LogP contribution in [0.5, 0.6) is 0 Å². The fraction of sp³-hybridized carbons (Fsp3) is 0.250. The molecule has 0 saturated heterocycles. The fourth-order valence-electron chi connectivity index (χ4n) is 2.58. The van der Waals surface area contributed by atoms with Crippen molar-refractivity contribution in [3.8, 4) is 0 Å². The Morgan fingerprint density at radius 1 is 1.28 bits per heavy atom. The van der Waals surface area contributed by atoms with Crippen LogP contribution in [-0.2, 0) is 6.42 Å². The Labute approximate surface area is 112 Å². The average Bonchev–Trinajstić information content (AvgIpc) is 2.77. The maximum absolute atomic E-state index is 3.48. The Balaban J connectivity index is 2.17. The molecule has 0 radical (unpaired) electrons. The largest absolute Gasteiger partial charge is 0.380 e. The minimum Gasteiger partial charge on any atom is -0.380 e. The van der Waals surface area contributed by atoms with E-state index in [4.69, 9.17) is 0 Å². The lowest BCUT2D eigenvalue weighted by molar-refractivity contribution is 0.709. The molecule has 2 aromatic rings. The minimum atomic E-state index is 0.349. The van der Waals surface area contributed by atoms with Gasteiger partial charge in [0, 0.05) is 9.58 Å². The van der Waals surface area contributed by atoms with Crippen LogP contribution in [0.3, 0.4) is 0 Å². The normalized spacial score (nSPS) is 18.8. The van der Waals surface area contributed by atoms with Gasteiger partial charge < -0.3 is 5.32 Å². The van der Waals surface area contributed by atoms with Crippen LogP contribution in [0.15, 0.2) is 48.2 Å². The highest BCUT2D eigenvalue weighted by Gasteiger charge is 2.20. The highest BCUT2D eigenvalue weighted by Crippen LogP contribution is 2.38. The van der Waals surface area contributed by atoms with E-state index < -0.39 is 0 Å². The van der Waals surface area contributed by atoms with Crippen molar-refractivity contribution in [2.24, 2.45) is 0 Å². The predicted octanol–water partition coefficient (Wildman–Crippen LogP) is 4.57. The van der Waals surface area contributed by atoms with E-state index in [2.05, 4.69) is 55.6 Å². The van der Waals surface area contributed by atoms with Crippen molar-refractivity contribution in [1.29, 1.82) is 0 Å². The molecule has 1 unspecified atom stereocenters. The first kappa shape index (κ1) is 11.5. The Bertz CT molecular complexity index is 634. The van der Waals surface area contributed by atoms with Crippen LogP contribution >= 0.6 is 11.3 Å². The molecule has 0 aliphatic carbocycles. The minimum absolute atomic E-state index is 0.349. The third-order valence-corrected chi connectivity index (χ3v) is 4.80. The van der Waals surface area contributed by atoms with Gasteiger partial charge in [0.15, 0.2) is 0 Å². The van der Waals surface area contributed by atoms with Crippen LogP contribution in [0, 0.1) is 0 Å². The second-order valence-corrected chi connectivity index (χ2v) is 5.75. The molecule has 0 bridgehead atoms. The first-order valence-electron chi connectivity index (χ1n) is 6.41. The third-order valence-electron chi connectivity index (χ3n) is 3.52. The van der Waals surface area contributed by atoms with Crippen molar-refractivity contribution in [2.45, 2.75) is 26.3 Å². The maximum atomic E-state index is 3.48. The van der Waals surface area contributed by atoms with E-state index in [0.29, 0.717) is 6.04 Å². The maximum Gasteiger partial charge on any atom is 0.0818 e. The van der Waals surface area contributed by atoms with Gasteiger partial charge in [-0.2, -0.15) is 0 Å². The second-order valence-electron chi connectivity index (χ2n) is 4.66. The van der Waals surface area contributed by atoms with Crippen molar-refractivity contribution < 1.29 is 0 Å².